The Bertz CT molecular complexity index is 1020. The molecule has 2 aromatic carbocycles. The summed E-state index contributed by atoms with van der Waals surface area (Å²) in [6.07, 6.45) is 1.56. The maximum Gasteiger partial charge on any atom is 0.244 e. The minimum atomic E-state index is -4.05. The monoisotopic (exact) mass is 428 g/mol. The van der Waals surface area contributed by atoms with Crippen LogP contribution in [0.2, 0.25) is 0 Å². The molecule has 1 unspecified atom stereocenters. The number of carbonyl (C=O) groups excluding carboxylic acids is 1. The van der Waals surface area contributed by atoms with Crippen molar-refractivity contribution in [3.63, 3.8) is 0 Å². The summed E-state index contributed by atoms with van der Waals surface area (Å²) in [5.74, 6) is -1.01. The Hall–Kier alpha value is -2.55. The number of carbonyl (C=O) groups is 1. The quantitative estimate of drug-likeness (QED) is 0.458. The third kappa shape index (κ3) is 4.03. The number of amidine groups is 1. The van der Waals surface area contributed by atoms with Crippen LogP contribution in [0, 0.1) is 12.3 Å². The van der Waals surface area contributed by atoms with E-state index < -0.39 is 33.2 Å². The van der Waals surface area contributed by atoms with E-state index in [2.05, 4.69) is 0 Å². The van der Waals surface area contributed by atoms with E-state index in [0.717, 1.165) is 15.4 Å². The molecule has 2 atom stereocenters. The fourth-order valence-electron chi connectivity index (χ4n) is 4.03. The molecule has 2 aromatic rings. The molecule has 0 spiro atoms. The highest BCUT2D eigenvalue weighted by Crippen LogP contribution is 2.35. The summed E-state index contributed by atoms with van der Waals surface area (Å²) < 4.78 is 28.1. The van der Waals surface area contributed by atoms with Crippen LogP contribution >= 0.6 is 0 Å². The van der Waals surface area contributed by atoms with Gasteiger partial charge in [0.1, 0.15) is 5.84 Å². The second-order valence-electron chi connectivity index (χ2n) is 7.78. The number of hydrogen-bond acceptors (Lipinski definition) is 5. The molecule has 30 heavy (non-hydrogen) atoms. The van der Waals surface area contributed by atoms with E-state index >= 15 is 0 Å². The van der Waals surface area contributed by atoms with E-state index in [1.165, 1.54) is 12.1 Å². The second kappa shape index (κ2) is 8.67. The third-order valence-corrected chi connectivity index (χ3v) is 7.62. The van der Waals surface area contributed by atoms with E-state index in [9.17, 15) is 13.2 Å². The van der Waals surface area contributed by atoms with Crippen LogP contribution in [0.25, 0.3) is 0 Å². The summed E-state index contributed by atoms with van der Waals surface area (Å²) >= 11 is 0. The smallest absolute Gasteiger partial charge is 0.244 e. The molecule has 0 aliphatic carbocycles. The number of ketones is 1. The fourth-order valence-corrected chi connectivity index (χ4v) is 5.82. The molecule has 0 saturated carbocycles. The predicted molar refractivity (Wildman–Crippen MR) is 117 cm³/mol. The van der Waals surface area contributed by atoms with Crippen molar-refractivity contribution in [1.29, 1.82) is 5.41 Å². The summed E-state index contributed by atoms with van der Waals surface area (Å²) in [4.78, 5) is 13.6. The standard InChI is InChI=1S/C22H28N4O3S/c1-16-9-11-18(12-10-16)30(28,29)26-14-6-5-13-22(26,21(24)25)20(27)19(23)15-17-7-3-2-4-8-17/h2-4,7-12,19H,5-6,13-15,23H2,1H3,(H3,24,25)/t19-,22?/m0/s1. The van der Waals surface area contributed by atoms with Crippen LogP contribution in [0.1, 0.15) is 30.4 Å². The number of sulfonamides is 1. The van der Waals surface area contributed by atoms with E-state index in [1.807, 2.05) is 37.3 Å². The zero-order valence-electron chi connectivity index (χ0n) is 17.0. The molecule has 1 heterocycles. The molecule has 0 radical (unpaired) electrons. The predicted octanol–water partition coefficient (Wildman–Crippen LogP) is 1.98. The molecule has 0 amide bonds. The summed E-state index contributed by atoms with van der Waals surface area (Å²) in [6.45, 7) is 1.98. The lowest BCUT2D eigenvalue weighted by Crippen LogP contribution is -2.68. The van der Waals surface area contributed by atoms with Gasteiger partial charge in [-0.1, -0.05) is 48.0 Å². The largest absolute Gasteiger partial charge is 0.386 e. The first kappa shape index (κ1) is 22.1. The highest BCUT2D eigenvalue weighted by Gasteiger charge is 2.54. The van der Waals surface area contributed by atoms with Crippen LogP contribution in [0.4, 0.5) is 0 Å². The maximum absolute atomic E-state index is 13.6. The van der Waals surface area contributed by atoms with Crippen molar-refractivity contribution < 1.29 is 13.2 Å². The fraction of sp³-hybridized carbons (Fsp3) is 0.364. The highest BCUT2D eigenvalue weighted by atomic mass is 32.2. The van der Waals surface area contributed by atoms with Crippen LogP contribution in [0.15, 0.2) is 59.5 Å². The number of nitrogens with zero attached hydrogens (tertiary/aromatic N) is 1. The zero-order valence-corrected chi connectivity index (χ0v) is 17.9. The number of hydrogen-bond donors (Lipinski definition) is 3. The van der Waals surface area contributed by atoms with Crippen LogP contribution < -0.4 is 11.5 Å². The molecular weight excluding hydrogens is 400 g/mol. The third-order valence-electron chi connectivity index (χ3n) is 5.67. The van der Waals surface area contributed by atoms with Gasteiger partial charge in [-0.15, -0.1) is 0 Å². The van der Waals surface area contributed by atoms with Gasteiger partial charge in [0, 0.05) is 6.54 Å². The van der Waals surface area contributed by atoms with Crippen LogP contribution in [0.5, 0.6) is 0 Å². The lowest BCUT2D eigenvalue weighted by molar-refractivity contribution is -0.127. The molecule has 7 nitrogen and oxygen atoms in total. The van der Waals surface area contributed by atoms with Gasteiger partial charge in [-0.2, -0.15) is 4.31 Å². The molecule has 0 aromatic heterocycles. The molecule has 5 N–H and O–H groups in total. The maximum atomic E-state index is 13.6. The first-order valence-electron chi connectivity index (χ1n) is 9.97. The Kier molecular flexibility index (Phi) is 6.40. The topological polar surface area (TPSA) is 130 Å². The first-order valence-corrected chi connectivity index (χ1v) is 11.4. The molecule has 3 rings (SSSR count). The summed E-state index contributed by atoms with van der Waals surface area (Å²) in [7, 11) is -4.05. The van der Waals surface area contributed by atoms with Crippen LogP contribution in [-0.4, -0.2) is 42.5 Å². The van der Waals surface area contributed by atoms with Crippen molar-refractivity contribution in [2.45, 2.75) is 49.1 Å². The number of nitrogens with two attached hydrogens (primary N) is 2. The molecule has 160 valence electrons. The molecule has 1 aliphatic rings. The van der Waals surface area contributed by atoms with E-state index in [1.54, 1.807) is 12.1 Å². The van der Waals surface area contributed by atoms with E-state index in [4.69, 9.17) is 16.9 Å². The molecule has 8 heteroatoms. The van der Waals surface area contributed by atoms with Gasteiger partial charge in [0.2, 0.25) is 10.0 Å². The number of Topliss-reactive ketones (excluding diaryl/α,β-unsaturated/α-hetero) is 1. The van der Waals surface area contributed by atoms with Gasteiger partial charge in [0.25, 0.3) is 0 Å². The number of aryl methyl sites for hydroxylation is 1. The molecular formula is C22H28N4O3S. The average molecular weight is 429 g/mol. The Balaban J connectivity index is 2.02. The second-order valence-corrected chi connectivity index (χ2v) is 9.64. The number of benzene rings is 2. The zero-order chi connectivity index (χ0) is 21.9. The SMILES string of the molecule is Cc1ccc(S(=O)(=O)N2CCCCC2(C(=N)N)C(=O)[C@@H](N)Cc2ccccc2)cc1. The first-order chi connectivity index (χ1) is 14.2. The van der Waals surface area contributed by atoms with Gasteiger partial charge < -0.3 is 11.5 Å². The molecule has 0 bridgehead atoms. The van der Waals surface area contributed by atoms with Crippen molar-refractivity contribution in [3.8, 4) is 0 Å². The van der Waals surface area contributed by atoms with Gasteiger partial charge in [0.15, 0.2) is 11.3 Å². The molecule has 1 aliphatic heterocycles. The summed E-state index contributed by atoms with van der Waals surface area (Å²) in [6, 6.07) is 14.7. The number of nitrogens with one attached hydrogen (secondary N) is 1. The molecule has 1 saturated heterocycles. The van der Waals surface area contributed by atoms with Crippen LogP contribution in [-0.2, 0) is 21.2 Å². The van der Waals surface area contributed by atoms with Gasteiger partial charge in [-0.05, 0) is 50.3 Å². The lowest BCUT2D eigenvalue weighted by Gasteiger charge is -2.45. The number of piperidine rings is 1. The minimum Gasteiger partial charge on any atom is -0.386 e. The Morgan fingerprint density at radius 2 is 1.77 bits per heavy atom. The normalized spacial score (nSPS) is 21.1. The average Bonchev–Trinajstić information content (AvgIpc) is 2.74. The summed E-state index contributed by atoms with van der Waals surface area (Å²) in [5.41, 5.74) is 12.2. The lowest BCUT2D eigenvalue weighted by atomic mass is 9.79. The Morgan fingerprint density at radius 3 is 2.37 bits per heavy atom. The molecule has 1 fully saturated rings. The van der Waals surface area contributed by atoms with Gasteiger partial charge >= 0.3 is 0 Å². The number of rotatable bonds is 7. The highest BCUT2D eigenvalue weighted by molar-refractivity contribution is 7.89. The van der Waals surface area contributed by atoms with Crippen molar-refractivity contribution in [1.82, 2.24) is 4.31 Å². The van der Waals surface area contributed by atoms with E-state index in [-0.39, 0.29) is 24.3 Å². The van der Waals surface area contributed by atoms with Crippen molar-refractivity contribution in [3.05, 3.63) is 65.7 Å². The van der Waals surface area contributed by atoms with Gasteiger partial charge in [-0.3, -0.25) is 10.2 Å². The van der Waals surface area contributed by atoms with Crippen molar-refractivity contribution >= 4 is 21.6 Å². The summed E-state index contributed by atoms with van der Waals surface area (Å²) in [5, 5.41) is 8.24. The van der Waals surface area contributed by atoms with Crippen LogP contribution in [0.3, 0.4) is 0 Å². The Morgan fingerprint density at radius 1 is 1.13 bits per heavy atom. The van der Waals surface area contributed by atoms with E-state index in [0.29, 0.717) is 12.8 Å². The minimum absolute atomic E-state index is 0.0741. The van der Waals surface area contributed by atoms with Crippen molar-refractivity contribution in [2.75, 3.05) is 6.54 Å². The van der Waals surface area contributed by atoms with Gasteiger partial charge in [-0.25, -0.2) is 8.42 Å². The van der Waals surface area contributed by atoms with Crippen molar-refractivity contribution in [2.24, 2.45) is 11.5 Å². The Labute approximate surface area is 177 Å². The van der Waals surface area contributed by atoms with Gasteiger partial charge in [0.05, 0.1) is 10.9 Å².